The van der Waals surface area contributed by atoms with Crippen LogP contribution in [0.15, 0.2) is 10.3 Å². The van der Waals surface area contributed by atoms with Gasteiger partial charge in [0.15, 0.2) is 0 Å². The third-order valence-corrected chi connectivity index (χ3v) is 0.231. The van der Waals surface area contributed by atoms with E-state index in [-0.39, 0.29) is 17.4 Å². The quantitative estimate of drug-likeness (QED) is 0.0687. The lowest BCUT2D eigenvalue weighted by Crippen LogP contribution is -2.21. The Hall–Kier alpha value is -2.03. The minimum absolute atomic E-state index is 0. The third kappa shape index (κ3) is 371. The highest BCUT2D eigenvalue weighted by atomic mass is 32.3. The van der Waals surface area contributed by atoms with E-state index in [1.807, 2.05) is 0 Å². The number of rotatable bonds is 0. The molecule has 0 aliphatic rings. The van der Waals surface area contributed by atoms with E-state index < -0.39 is 10.4 Å². The number of hydrogen-bond acceptors (Lipinski definition) is 6. The van der Waals surface area contributed by atoms with Gasteiger partial charge in [0.2, 0.25) is 11.9 Å². The molecule has 0 spiro atoms. The molecule has 14 N–H and O–H groups in total. The van der Waals surface area contributed by atoms with Gasteiger partial charge in [-0.15, -0.1) is 0 Å². The first-order valence-electron chi connectivity index (χ1n) is 2.70. The molecule has 0 aliphatic heterocycles. The Morgan fingerprint density at radius 1 is 0.875 bits per heavy atom. The second-order valence-electron chi connectivity index (χ2n) is 1.50. The van der Waals surface area contributed by atoms with Crippen molar-refractivity contribution in [3.05, 3.63) is 0 Å². The van der Waals surface area contributed by atoms with Crippen LogP contribution in [0.25, 0.3) is 0 Å². The fourth-order valence-corrected chi connectivity index (χ4v) is 0. The Morgan fingerprint density at radius 2 is 0.938 bits per heavy atom. The summed E-state index contributed by atoms with van der Waals surface area (Å²) in [4.78, 5) is 0. The van der Waals surface area contributed by atoms with E-state index in [9.17, 15) is 0 Å². The van der Waals surface area contributed by atoms with Gasteiger partial charge in [-0.2, -0.15) is 8.42 Å². The van der Waals surface area contributed by atoms with Gasteiger partial charge in [0.05, 0.1) is 0 Å². The summed E-state index contributed by atoms with van der Waals surface area (Å²) in [6.07, 6.45) is 0. The van der Waals surface area contributed by atoms with Gasteiger partial charge in [-0.25, -0.2) is 0 Å². The number of nitrogens with two attached hydrogens (primary N) is 4. The molecule has 0 saturated heterocycles. The molecule has 0 bridgehead atoms. The lowest BCUT2D eigenvalue weighted by Gasteiger charge is -1.75. The second-order valence-corrected chi connectivity index (χ2v) is 2.39. The van der Waals surface area contributed by atoms with Gasteiger partial charge in [-0.1, -0.05) is 10.3 Å². The lowest BCUT2D eigenvalue weighted by molar-refractivity contribution is 0.317. The fourth-order valence-electron chi connectivity index (χ4n) is 0. The number of oxime groups is 2. The molecule has 0 aromatic heterocycles. The van der Waals surface area contributed by atoms with Crippen LogP contribution >= 0.6 is 0 Å². The topological polar surface area (TPSA) is 275 Å². The molecule has 0 aliphatic carbocycles. The molecule has 0 fully saturated rings. The molecule has 0 saturated carbocycles. The van der Waals surface area contributed by atoms with Gasteiger partial charge < -0.3 is 38.8 Å². The van der Waals surface area contributed by atoms with E-state index in [0.29, 0.717) is 0 Å². The summed E-state index contributed by atoms with van der Waals surface area (Å²) >= 11 is 0. The summed E-state index contributed by atoms with van der Waals surface area (Å²) in [5.74, 6) is -0.630. The van der Waals surface area contributed by atoms with Crippen LogP contribution in [-0.2, 0) is 10.4 Å². The van der Waals surface area contributed by atoms with Crippen molar-refractivity contribution in [1.29, 1.82) is 0 Å². The van der Waals surface area contributed by atoms with Crippen molar-refractivity contribution in [2.24, 2.45) is 33.2 Å². The van der Waals surface area contributed by atoms with Gasteiger partial charge in [0.1, 0.15) is 0 Å². The molecule has 0 aromatic carbocycles. The first-order valence-corrected chi connectivity index (χ1v) is 4.10. The molecule has 0 amide bonds. The molecule has 0 radical (unpaired) electrons. The minimum atomic E-state index is -4.67. The van der Waals surface area contributed by atoms with Crippen LogP contribution in [0.1, 0.15) is 0 Å². The summed E-state index contributed by atoms with van der Waals surface area (Å²) in [7, 11) is -4.67. The van der Waals surface area contributed by atoms with Gasteiger partial charge in [-0.3, -0.25) is 9.11 Å². The molecule has 0 atom stereocenters. The predicted octanol–water partition coefficient (Wildman–Crippen LogP) is -4.18. The highest BCUT2D eigenvalue weighted by Gasteiger charge is 1.84. The van der Waals surface area contributed by atoms with Crippen molar-refractivity contribution in [2.75, 3.05) is 0 Å². The summed E-state index contributed by atoms with van der Waals surface area (Å²) in [5, 5.41) is 19.7. The van der Waals surface area contributed by atoms with Crippen molar-refractivity contribution >= 4 is 22.3 Å². The predicted molar refractivity (Wildman–Crippen MR) is 53.0 cm³/mol. The zero-order valence-electron chi connectivity index (χ0n) is 7.72. The molecule has 16 heavy (non-hydrogen) atoms. The Bertz CT molecular complexity index is 264. The Morgan fingerprint density at radius 3 is 0.938 bits per heavy atom. The minimum Gasteiger partial charge on any atom is -0.412 e. The fraction of sp³-hybridized carbons (Fsp3) is 0. The van der Waals surface area contributed by atoms with Crippen molar-refractivity contribution in [1.82, 2.24) is 0 Å². The smallest absolute Gasteiger partial charge is 0.394 e. The van der Waals surface area contributed by atoms with E-state index in [2.05, 4.69) is 33.2 Å². The summed E-state index contributed by atoms with van der Waals surface area (Å²) in [5.41, 5.74) is 18.3. The van der Waals surface area contributed by atoms with Crippen molar-refractivity contribution in [3.8, 4) is 0 Å². The zero-order chi connectivity index (χ0) is 13.1. The Balaban J connectivity index is -0.0000000655. The van der Waals surface area contributed by atoms with Crippen molar-refractivity contribution in [3.63, 3.8) is 0 Å². The van der Waals surface area contributed by atoms with Crippen molar-refractivity contribution < 1.29 is 33.4 Å². The van der Waals surface area contributed by atoms with Gasteiger partial charge in [0, 0.05) is 0 Å². The zero-order valence-corrected chi connectivity index (χ0v) is 8.53. The van der Waals surface area contributed by atoms with Crippen LogP contribution < -0.4 is 22.9 Å². The van der Waals surface area contributed by atoms with E-state index in [1.54, 1.807) is 0 Å². The SMILES string of the molecule is NC(N)=NO.NC(N)=NO.O.O=S(=O)(O)O. The molecule has 0 unspecified atom stereocenters. The number of hydrogen-bond donors (Lipinski definition) is 8. The maximum Gasteiger partial charge on any atom is 0.394 e. The maximum absolute atomic E-state index is 8.74. The molecule has 0 aromatic rings. The molecule has 13 nitrogen and oxygen atoms in total. The lowest BCUT2D eigenvalue weighted by atomic mass is 11.1. The average molecular weight is 266 g/mol. The first-order chi connectivity index (χ1) is 6.54. The van der Waals surface area contributed by atoms with E-state index in [1.165, 1.54) is 0 Å². The van der Waals surface area contributed by atoms with E-state index in [4.69, 9.17) is 27.9 Å². The van der Waals surface area contributed by atoms with Crippen LogP contribution in [0.3, 0.4) is 0 Å². The highest BCUT2D eigenvalue weighted by Crippen LogP contribution is 1.59. The standard InChI is InChI=1S/2CH5N3O.H2O4S.H2O/c2*2-1(3)4-5;1-5(2,3)4;/h2*5H,(H4,2,3,4);(H2,1,2,3,4);1H2. The van der Waals surface area contributed by atoms with Gasteiger partial charge in [0.25, 0.3) is 0 Å². The second kappa shape index (κ2) is 13.0. The summed E-state index contributed by atoms with van der Waals surface area (Å²) in [6.45, 7) is 0. The average Bonchev–Trinajstić information content (AvgIpc) is 2.02. The van der Waals surface area contributed by atoms with E-state index >= 15 is 0 Å². The van der Waals surface area contributed by atoms with Gasteiger partial charge >= 0.3 is 10.4 Å². The van der Waals surface area contributed by atoms with Crippen LogP contribution in [0, 0.1) is 0 Å². The molecule has 100 valence electrons. The Kier molecular flexibility index (Phi) is 19.2. The molecule has 0 heterocycles. The van der Waals surface area contributed by atoms with Crippen LogP contribution in [0.2, 0.25) is 0 Å². The number of nitrogens with zero attached hydrogens (tertiary/aromatic N) is 2. The molecule has 14 heteroatoms. The molecule has 0 rings (SSSR count). The van der Waals surface area contributed by atoms with Crippen LogP contribution in [0.4, 0.5) is 0 Å². The largest absolute Gasteiger partial charge is 0.412 e. The van der Waals surface area contributed by atoms with Crippen LogP contribution in [-0.4, -0.2) is 45.3 Å². The Labute approximate surface area is 89.9 Å². The van der Waals surface area contributed by atoms with Gasteiger partial charge in [-0.05, 0) is 0 Å². The first kappa shape index (κ1) is 23.6. The molecular weight excluding hydrogens is 252 g/mol. The monoisotopic (exact) mass is 266 g/mol. The highest BCUT2D eigenvalue weighted by molar-refractivity contribution is 7.79. The molecular formula is C2H14N6O7S. The number of guanidine groups is 2. The van der Waals surface area contributed by atoms with Crippen LogP contribution in [0.5, 0.6) is 0 Å². The maximum atomic E-state index is 8.74. The summed E-state index contributed by atoms with van der Waals surface area (Å²) < 4.78 is 31.6. The van der Waals surface area contributed by atoms with Crippen molar-refractivity contribution in [2.45, 2.75) is 0 Å². The third-order valence-electron chi connectivity index (χ3n) is 0.231. The van der Waals surface area contributed by atoms with E-state index in [0.717, 1.165) is 0 Å². The normalized spacial score (nSPS) is 7.62. The summed E-state index contributed by atoms with van der Waals surface area (Å²) in [6, 6.07) is 0.